The molecule has 0 atom stereocenters. The highest BCUT2D eigenvalue weighted by molar-refractivity contribution is 9.39. The molecule has 32 valence electrons. The predicted molar refractivity (Wildman–Crippen MR) is 31.7 cm³/mol. The summed E-state index contributed by atoms with van der Waals surface area (Å²) < 4.78 is -1.06. The van der Waals surface area contributed by atoms with Gasteiger partial charge in [-0.1, -0.05) is 0 Å². The van der Waals surface area contributed by atoms with Gasteiger partial charge in [-0.25, -0.2) is 0 Å². The van der Waals surface area contributed by atoms with Crippen LogP contribution in [-0.2, 0) is 0 Å². The Hall–Kier alpha value is 1.40. The Morgan fingerprint density at radius 3 is 1.20 bits per heavy atom. The summed E-state index contributed by atoms with van der Waals surface area (Å²) in [5, 5.41) is 8.27. The molecule has 1 N–H and O–H groups in total. The van der Waals surface area contributed by atoms with Crippen LogP contribution in [0, 0.1) is 0 Å². The first-order valence-corrected chi connectivity index (χ1v) is 3.17. The van der Waals surface area contributed by atoms with Crippen molar-refractivity contribution in [3.63, 3.8) is 0 Å². The second-order valence-corrected chi connectivity index (χ2v) is 7.10. The fraction of sp³-hybridized carbons (Fsp3) is 1.00. The summed E-state index contributed by atoms with van der Waals surface area (Å²) in [6.45, 7) is 0. The summed E-state index contributed by atoms with van der Waals surface area (Å²) >= 11 is 8.29. The maximum absolute atomic E-state index is 8.27. The molecule has 0 saturated carbocycles. The van der Waals surface area contributed by atoms with Crippen LogP contribution in [0.1, 0.15) is 0 Å². The van der Waals surface area contributed by atoms with Gasteiger partial charge in [-0.3, -0.25) is 0 Å². The quantitative estimate of drug-likeness (QED) is 0.664. The van der Waals surface area contributed by atoms with Gasteiger partial charge in [0.05, 0.1) is 0 Å². The maximum Gasteiger partial charge on any atom is 0.231 e. The van der Waals surface area contributed by atoms with Crippen molar-refractivity contribution in [3.05, 3.63) is 0 Å². The number of rotatable bonds is 0. The first kappa shape index (κ1) is 6.40. The fourth-order valence-corrected chi connectivity index (χ4v) is 0. The van der Waals surface area contributed by atoms with Crippen molar-refractivity contribution in [3.8, 4) is 0 Å². The first-order chi connectivity index (χ1) is 2.00. The molecule has 0 aromatic heterocycles. The van der Waals surface area contributed by atoms with Crippen LogP contribution in [0.3, 0.4) is 0 Å². The molecule has 0 saturated heterocycles. The molecule has 0 aromatic carbocycles. The van der Waals surface area contributed by atoms with Gasteiger partial charge in [0, 0.05) is 0 Å². The van der Waals surface area contributed by atoms with E-state index >= 15 is 0 Å². The smallest absolute Gasteiger partial charge is 0.231 e. The Labute approximate surface area is 55.1 Å². The molecular weight excluding hydrogens is 268 g/mol. The summed E-state index contributed by atoms with van der Waals surface area (Å²) in [7, 11) is 0. The third kappa shape index (κ3) is 31.8. The largest absolute Gasteiger partial charge is 0.361 e. The third-order valence-corrected chi connectivity index (χ3v) is 0. The van der Waals surface area contributed by atoms with Crippen molar-refractivity contribution in [2.24, 2.45) is 0 Å². The molecule has 0 unspecified atom stereocenters. The molecular formula is CHBr3O. The minimum atomic E-state index is -1.06. The molecule has 1 nitrogen and oxygen atoms in total. The van der Waals surface area contributed by atoms with Gasteiger partial charge in [0.25, 0.3) is 0 Å². The van der Waals surface area contributed by atoms with Crippen LogP contribution in [-0.4, -0.2) is 7.44 Å². The summed E-state index contributed by atoms with van der Waals surface area (Å²) in [6, 6.07) is 0. The van der Waals surface area contributed by atoms with E-state index in [1.807, 2.05) is 0 Å². The lowest BCUT2D eigenvalue weighted by Crippen LogP contribution is -1.91. The van der Waals surface area contributed by atoms with Crippen LogP contribution >= 0.6 is 47.8 Å². The number of halogens is 3. The molecule has 5 heavy (non-hydrogen) atoms. The fourth-order valence-electron chi connectivity index (χ4n) is 0. The minimum Gasteiger partial charge on any atom is -0.361 e. The highest BCUT2D eigenvalue weighted by atomic mass is 80.0. The van der Waals surface area contributed by atoms with E-state index in [4.69, 9.17) is 5.11 Å². The molecule has 0 bridgehead atoms. The van der Waals surface area contributed by atoms with Gasteiger partial charge in [0.1, 0.15) is 0 Å². The van der Waals surface area contributed by atoms with Crippen LogP contribution in [0.2, 0.25) is 0 Å². The second kappa shape index (κ2) is 1.91. The number of alkyl halides is 3. The Bertz CT molecular complexity index is 22.4. The van der Waals surface area contributed by atoms with E-state index in [0.29, 0.717) is 0 Å². The zero-order valence-corrected chi connectivity index (χ0v) is 6.84. The van der Waals surface area contributed by atoms with Crippen LogP contribution < -0.4 is 0 Å². The van der Waals surface area contributed by atoms with Crippen molar-refractivity contribution in [1.82, 2.24) is 0 Å². The van der Waals surface area contributed by atoms with Crippen molar-refractivity contribution in [2.75, 3.05) is 0 Å². The molecule has 0 rings (SSSR count). The monoisotopic (exact) mass is 266 g/mol. The lowest BCUT2D eigenvalue weighted by molar-refractivity contribution is 0.335. The topological polar surface area (TPSA) is 20.2 Å². The molecule has 0 aliphatic carbocycles. The molecule has 0 fully saturated rings. The Morgan fingerprint density at radius 2 is 1.20 bits per heavy atom. The average Bonchev–Trinajstić information content (AvgIpc) is 0.722. The van der Waals surface area contributed by atoms with Crippen molar-refractivity contribution >= 4 is 47.8 Å². The van der Waals surface area contributed by atoms with E-state index in [0.717, 1.165) is 0 Å². The molecule has 0 amide bonds. The van der Waals surface area contributed by atoms with E-state index < -0.39 is 2.33 Å². The summed E-state index contributed by atoms with van der Waals surface area (Å²) in [5.41, 5.74) is 0. The van der Waals surface area contributed by atoms with Crippen molar-refractivity contribution in [1.29, 1.82) is 0 Å². The first-order valence-electron chi connectivity index (χ1n) is 0.791. The van der Waals surface area contributed by atoms with Gasteiger partial charge >= 0.3 is 0 Å². The van der Waals surface area contributed by atoms with E-state index in [2.05, 4.69) is 47.8 Å². The average molecular weight is 269 g/mol. The van der Waals surface area contributed by atoms with Crippen LogP contribution in [0.25, 0.3) is 0 Å². The second-order valence-electron chi connectivity index (χ2n) is 0.468. The lowest BCUT2D eigenvalue weighted by atomic mass is 11.7. The molecule has 4 heteroatoms. The zero-order valence-electron chi connectivity index (χ0n) is 2.08. The highest BCUT2D eigenvalue weighted by Gasteiger charge is 2.07. The van der Waals surface area contributed by atoms with Gasteiger partial charge in [-0.05, 0) is 47.8 Å². The molecule has 0 aliphatic heterocycles. The Kier molecular flexibility index (Phi) is 2.44. The molecule has 0 heterocycles. The van der Waals surface area contributed by atoms with Crippen molar-refractivity contribution < 1.29 is 5.11 Å². The number of hydrogen-bond donors (Lipinski definition) is 1. The van der Waals surface area contributed by atoms with E-state index in [1.54, 1.807) is 0 Å². The molecule has 0 radical (unpaired) electrons. The van der Waals surface area contributed by atoms with Gasteiger partial charge in [-0.2, -0.15) is 0 Å². The standard InChI is InChI=1S/CHBr3O/c2-1(3,4)5/h5H. The predicted octanol–water partition coefficient (Wildman–Crippen LogP) is 1.77. The van der Waals surface area contributed by atoms with Crippen LogP contribution in [0.4, 0.5) is 0 Å². The normalized spacial score (nSPS) is 12.0. The zero-order chi connectivity index (χ0) is 4.50. The van der Waals surface area contributed by atoms with Gasteiger partial charge < -0.3 is 5.11 Å². The molecule has 0 aromatic rings. The SMILES string of the molecule is OC(Br)(Br)Br. The molecule has 0 aliphatic rings. The summed E-state index contributed by atoms with van der Waals surface area (Å²) in [4.78, 5) is 0. The van der Waals surface area contributed by atoms with E-state index in [9.17, 15) is 0 Å². The Morgan fingerprint density at radius 1 is 1.20 bits per heavy atom. The van der Waals surface area contributed by atoms with Crippen LogP contribution in [0.5, 0.6) is 0 Å². The van der Waals surface area contributed by atoms with Crippen molar-refractivity contribution in [2.45, 2.75) is 2.33 Å². The lowest BCUT2D eigenvalue weighted by Gasteiger charge is -1.95. The third-order valence-electron chi connectivity index (χ3n) is 0. The van der Waals surface area contributed by atoms with Gasteiger partial charge in [0.2, 0.25) is 2.33 Å². The molecule has 0 spiro atoms. The van der Waals surface area contributed by atoms with Crippen LogP contribution in [0.15, 0.2) is 0 Å². The summed E-state index contributed by atoms with van der Waals surface area (Å²) in [6.07, 6.45) is 0. The number of hydrogen-bond acceptors (Lipinski definition) is 1. The maximum atomic E-state index is 8.27. The highest BCUT2D eigenvalue weighted by Crippen LogP contribution is 2.28. The summed E-state index contributed by atoms with van der Waals surface area (Å²) in [5.74, 6) is 0. The van der Waals surface area contributed by atoms with E-state index in [-0.39, 0.29) is 0 Å². The van der Waals surface area contributed by atoms with E-state index in [1.165, 1.54) is 0 Å². The van der Waals surface area contributed by atoms with Gasteiger partial charge in [-0.15, -0.1) is 0 Å². The van der Waals surface area contributed by atoms with Gasteiger partial charge in [0.15, 0.2) is 0 Å². The Balaban J connectivity index is 3.02. The number of aliphatic hydroxyl groups is 1. The minimum absolute atomic E-state index is 1.06.